The highest BCUT2D eigenvalue weighted by Gasteiger charge is 2.30. The standard InChI is InChI=1S/C13H20N6O3S/c1-2-23(21,22)19-6-4-9(8-19)16-13(20)18-11-7-15-12-10(17-11)3-5-14-12/h3,5,7,9,13,16,20H,2,4,6,8H2,1H3,(H,14,15)(H,17,18). The number of H-pyrrole nitrogens is 1. The zero-order valence-electron chi connectivity index (χ0n) is 12.7. The van der Waals surface area contributed by atoms with Crippen molar-refractivity contribution in [3.63, 3.8) is 0 Å². The van der Waals surface area contributed by atoms with Crippen LogP contribution in [0.3, 0.4) is 0 Å². The Kier molecular flexibility index (Phi) is 4.48. The predicted molar refractivity (Wildman–Crippen MR) is 86.1 cm³/mol. The van der Waals surface area contributed by atoms with Crippen molar-refractivity contribution in [2.24, 2.45) is 0 Å². The first-order valence-corrected chi connectivity index (χ1v) is 9.07. The van der Waals surface area contributed by atoms with E-state index in [9.17, 15) is 13.5 Å². The molecule has 3 rings (SSSR count). The van der Waals surface area contributed by atoms with Crippen LogP contribution in [-0.2, 0) is 10.0 Å². The van der Waals surface area contributed by atoms with E-state index < -0.39 is 16.4 Å². The second kappa shape index (κ2) is 6.40. The van der Waals surface area contributed by atoms with Gasteiger partial charge < -0.3 is 15.4 Å². The van der Waals surface area contributed by atoms with Crippen molar-refractivity contribution in [1.82, 2.24) is 24.6 Å². The molecule has 1 fully saturated rings. The van der Waals surface area contributed by atoms with E-state index in [-0.39, 0.29) is 11.8 Å². The number of fused-ring (bicyclic) bond motifs is 1. The second-order valence-corrected chi connectivity index (χ2v) is 7.68. The van der Waals surface area contributed by atoms with Gasteiger partial charge in [-0.25, -0.2) is 22.7 Å². The molecule has 0 radical (unpaired) electrons. The van der Waals surface area contributed by atoms with E-state index in [1.165, 1.54) is 10.5 Å². The van der Waals surface area contributed by atoms with E-state index >= 15 is 0 Å². The van der Waals surface area contributed by atoms with Crippen molar-refractivity contribution >= 4 is 27.0 Å². The van der Waals surface area contributed by atoms with Gasteiger partial charge in [-0.2, -0.15) is 0 Å². The Balaban J connectivity index is 1.56. The van der Waals surface area contributed by atoms with Crippen LogP contribution in [0, 0.1) is 0 Å². The van der Waals surface area contributed by atoms with Crippen molar-refractivity contribution in [3.8, 4) is 0 Å². The lowest BCUT2D eigenvalue weighted by atomic mass is 10.3. The van der Waals surface area contributed by atoms with Crippen molar-refractivity contribution in [3.05, 3.63) is 18.5 Å². The number of nitrogens with zero attached hydrogens (tertiary/aromatic N) is 3. The molecule has 2 atom stereocenters. The number of anilines is 1. The molecule has 2 unspecified atom stereocenters. The molecule has 1 aliphatic heterocycles. The van der Waals surface area contributed by atoms with E-state index in [1.807, 2.05) is 0 Å². The van der Waals surface area contributed by atoms with Gasteiger partial charge in [-0.05, 0) is 19.4 Å². The topological polar surface area (TPSA) is 123 Å². The third kappa shape index (κ3) is 3.61. The van der Waals surface area contributed by atoms with Crippen LogP contribution in [0.15, 0.2) is 18.5 Å². The first-order valence-electron chi connectivity index (χ1n) is 7.46. The summed E-state index contributed by atoms with van der Waals surface area (Å²) < 4.78 is 25.1. The monoisotopic (exact) mass is 340 g/mol. The number of hydrogen-bond donors (Lipinski definition) is 4. The Hall–Kier alpha value is -1.75. The summed E-state index contributed by atoms with van der Waals surface area (Å²) in [7, 11) is -3.18. The minimum atomic E-state index is -3.18. The molecule has 1 saturated heterocycles. The summed E-state index contributed by atoms with van der Waals surface area (Å²) in [5.74, 6) is 0.528. The maximum atomic E-state index is 11.8. The molecule has 1 aliphatic rings. The lowest BCUT2D eigenvalue weighted by Gasteiger charge is -2.20. The van der Waals surface area contributed by atoms with E-state index in [0.717, 1.165) is 0 Å². The van der Waals surface area contributed by atoms with Crippen LogP contribution in [0.25, 0.3) is 11.2 Å². The lowest BCUT2D eigenvalue weighted by molar-refractivity contribution is 0.150. The van der Waals surface area contributed by atoms with E-state index in [0.29, 0.717) is 36.5 Å². The van der Waals surface area contributed by atoms with Crippen molar-refractivity contribution in [1.29, 1.82) is 0 Å². The van der Waals surface area contributed by atoms with Gasteiger partial charge in [0.05, 0.1) is 11.9 Å². The molecule has 0 bridgehead atoms. The summed E-state index contributed by atoms with van der Waals surface area (Å²) >= 11 is 0. The smallest absolute Gasteiger partial charge is 0.213 e. The maximum Gasteiger partial charge on any atom is 0.213 e. The van der Waals surface area contributed by atoms with Gasteiger partial charge in [0.2, 0.25) is 10.0 Å². The molecular weight excluding hydrogens is 320 g/mol. The van der Waals surface area contributed by atoms with Crippen LogP contribution in [0.4, 0.5) is 5.82 Å². The molecule has 23 heavy (non-hydrogen) atoms. The molecular formula is C13H20N6O3S. The molecule has 2 aromatic heterocycles. The number of hydrogen-bond acceptors (Lipinski definition) is 7. The van der Waals surface area contributed by atoms with Gasteiger partial charge in [-0.3, -0.25) is 5.32 Å². The van der Waals surface area contributed by atoms with E-state index in [2.05, 4.69) is 25.6 Å². The number of aliphatic hydroxyl groups is 1. The summed E-state index contributed by atoms with van der Waals surface area (Å²) in [4.78, 5) is 11.4. The van der Waals surface area contributed by atoms with Crippen LogP contribution >= 0.6 is 0 Å². The molecule has 4 N–H and O–H groups in total. The Bertz CT molecular complexity index is 777. The molecule has 0 amide bonds. The third-order valence-electron chi connectivity index (χ3n) is 3.85. The fraction of sp³-hybridized carbons (Fsp3) is 0.538. The average Bonchev–Trinajstić information content (AvgIpc) is 3.15. The molecule has 0 spiro atoms. The second-order valence-electron chi connectivity index (χ2n) is 5.42. The molecule has 3 heterocycles. The Morgan fingerprint density at radius 3 is 3.17 bits per heavy atom. The van der Waals surface area contributed by atoms with E-state index in [1.54, 1.807) is 19.2 Å². The third-order valence-corrected chi connectivity index (χ3v) is 5.70. The number of aromatic nitrogens is 3. The van der Waals surface area contributed by atoms with Crippen molar-refractivity contribution < 1.29 is 13.5 Å². The minimum absolute atomic E-state index is 0.0901. The zero-order valence-corrected chi connectivity index (χ0v) is 13.5. The lowest BCUT2D eigenvalue weighted by Crippen LogP contribution is -2.45. The quantitative estimate of drug-likeness (QED) is 0.530. The van der Waals surface area contributed by atoms with Gasteiger partial charge in [0.1, 0.15) is 11.3 Å². The number of nitrogens with one attached hydrogen (secondary N) is 3. The van der Waals surface area contributed by atoms with Crippen LogP contribution in [0.2, 0.25) is 0 Å². The summed E-state index contributed by atoms with van der Waals surface area (Å²) in [5.41, 5.74) is 1.37. The van der Waals surface area contributed by atoms with E-state index in [4.69, 9.17) is 0 Å². The first-order chi connectivity index (χ1) is 11.0. The van der Waals surface area contributed by atoms with Crippen LogP contribution in [0.1, 0.15) is 13.3 Å². The molecule has 9 nitrogen and oxygen atoms in total. The summed E-state index contributed by atoms with van der Waals surface area (Å²) in [6, 6.07) is 1.68. The van der Waals surface area contributed by atoms with Crippen molar-refractivity contribution in [2.45, 2.75) is 25.7 Å². The van der Waals surface area contributed by atoms with Gasteiger partial charge >= 0.3 is 0 Å². The normalized spacial score (nSPS) is 20.9. The van der Waals surface area contributed by atoms with Gasteiger partial charge in [0, 0.05) is 25.3 Å². The largest absolute Gasteiger partial charge is 0.361 e. The molecule has 0 aromatic carbocycles. The van der Waals surface area contributed by atoms with Gasteiger partial charge in [-0.15, -0.1) is 0 Å². The summed E-state index contributed by atoms with van der Waals surface area (Å²) in [6.07, 6.45) is 2.88. The van der Waals surface area contributed by atoms with Crippen LogP contribution < -0.4 is 10.6 Å². The van der Waals surface area contributed by atoms with Gasteiger partial charge in [-0.1, -0.05) is 0 Å². The molecule has 2 aromatic rings. The fourth-order valence-corrected chi connectivity index (χ4v) is 3.76. The fourth-order valence-electron chi connectivity index (χ4n) is 2.60. The number of aliphatic hydroxyl groups excluding tert-OH is 1. The highest BCUT2D eigenvalue weighted by Crippen LogP contribution is 2.15. The summed E-state index contributed by atoms with van der Waals surface area (Å²) in [6.45, 7) is 2.45. The number of aromatic amines is 1. The Labute approximate surface area is 134 Å². The van der Waals surface area contributed by atoms with Gasteiger partial charge in [0.25, 0.3) is 0 Å². The first kappa shape index (κ1) is 16.1. The number of rotatable bonds is 6. The van der Waals surface area contributed by atoms with Crippen LogP contribution in [-0.4, -0.2) is 64.0 Å². The maximum absolute atomic E-state index is 11.8. The van der Waals surface area contributed by atoms with Crippen molar-refractivity contribution in [2.75, 3.05) is 24.2 Å². The molecule has 0 aliphatic carbocycles. The molecule has 0 saturated carbocycles. The van der Waals surface area contributed by atoms with Crippen LogP contribution in [0.5, 0.6) is 0 Å². The predicted octanol–water partition coefficient (Wildman–Crippen LogP) is -0.341. The molecule has 10 heteroatoms. The summed E-state index contributed by atoms with van der Waals surface area (Å²) in [5, 5.41) is 15.8. The zero-order chi connectivity index (χ0) is 16.4. The Morgan fingerprint density at radius 1 is 1.57 bits per heavy atom. The van der Waals surface area contributed by atoms with Gasteiger partial charge in [0.15, 0.2) is 12.0 Å². The highest BCUT2D eigenvalue weighted by molar-refractivity contribution is 7.89. The SMILES string of the molecule is CCS(=O)(=O)N1CCC(NC(O)Nc2cnc3[nH]ccc3n2)C1. The highest BCUT2D eigenvalue weighted by atomic mass is 32.2. The average molecular weight is 340 g/mol. The Morgan fingerprint density at radius 2 is 2.39 bits per heavy atom. The minimum Gasteiger partial charge on any atom is -0.361 e. The molecule has 126 valence electrons. The number of sulfonamides is 1.